The normalized spacial score (nSPS) is 13.6. The fraction of sp³-hybridized carbons (Fsp3) is 0.278. The third kappa shape index (κ3) is 3.79. The molecule has 0 N–H and O–H groups in total. The molecule has 0 saturated carbocycles. The number of carbonyl (C=O) groups excluding carboxylic acids is 1. The molecule has 0 aliphatic heterocycles. The van der Waals surface area contributed by atoms with Gasteiger partial charge in [-0.3, -0.25) is 4.79 Å². The highest BCUT2D eigenvalue weighted by atomic mass is 32.2. The molecule has 1 aliphatic carbocycles. The van der Waals surface area contributed by atoms with E-state index >= 15 is 0 Å². The van der Waals surface area contributed by atoms with Crippen LogP contribution in [0.3, 0.4) is 0 Å². The lowest BCUT2D eigenvalue weighted by atomic mass is 10.1. The molecule has 2 aromatic carbocycles. The van der Waals surface area contributed by atoms with Crippen molar-refractivity contribution in [1.29, 1.82) is 0 Å². The zero-order chi connectivity index (χ0) is 16.3. The van der Waals surface area contributed by atoms with Crippen LogP contribution in [0.4, 0.5) is 0 Å². The molecule has 0 unspecified atom stereocenters. The van der Waals surface area contributed by atoms with E-state index in [4.69, 9.17) is 4.74 Å². The molecule has 0 heterocycles. The molecular formula is C18H18O4S. The summed E-state index contributed by atoms with van der Waals surface area (Å²) in [6.07, 6.45) is 2.85. The second-order valence-corrected chi connectivity index (χ2v) is 7.75. The first-order valence-electron chi connectivity index (χ1n) is 7.65. The van der Waals surface area contributed by atoms with E-state index in [0.717, 1.165) is 24.8 Å². The maximum absolute atomic E-state index is 12.4. The lowest BCUT2D eigenvalue weighted by Crippen LogP contribution is -2.15. The van der Waals surface area contributed by atoms with Crippen molar-refractivity contribution in [3.05, 3.63) is 59.7 Å². The third-order valence-electron chi connectivity index (χ3n) is 3.98. The number of ether oxygens (including phenoxy) is 1. The van der Waals surface area contributed by atoms with E-state index in [1.54, 1.807) is 36.4 Å². The van der Waals surface area contributed by atoms with E-state index in [0.29, 0.717) is 10.6 Å². The van der Waals surface area contributed by atoms with Crippen molar-refractivity contribution < 1.29 is 17.9 Å². The van der Waals surface area contributed by atoms with Crippen LogP contribution in [0, 0.1) is 0 Å². The summed E-state index contributed by atoms with van der Waals surface area (Å²) in [5.74, 6) is -0.356. The maximum atomic E-state index is 12.4. The number of esters is 1. The molecule has 0 fully saturated rings. The van der Waals surface area contributed by atoms with Gasteiger partial charge in [-0.25, -0.2) is 8.42 Å². The number of hydrogen-bond donors (Lipinski definition) is 0. The lowest BCUT2D eigenvalue weighted by molar-refractivity contribution is -0.133. The van der Waals surface area contributed by atoms with Crippen LogP contribution >= 0.6 is 0 Å². The Morgan fingerprint density at radius 1 is 1.00 bits per heavy atom. The highest BCUT2D eigenvalue weighted by Crippen LogP contribution is 2.25. The molecule has 0 bridgehead atoms. The average molecular weight is 330 g/mol. The van der Waals surface area contributed by atoms with E-state index in [-0.39, 0.29) is 12.2 Å². The Labute approximate surface area is 136 Å². The number of carbonyl (C=O) groups is 1. The summed E-state index contributed by atoms with van der Waals surface area (Å²) in [6, 6.07) is 13.9. The highest BCUT2D eigenvalue weighted by Gasteiger charge is 2.20. The van der Waals surface area contributed by atoms with Crippen LogP contribution in [-0.4, -0.2) is 20.1 Å². The predicted octanol–water partition coefficient (Wildman–Crippen LogP) is 2.94. The van der Waals surface area contributed by atoms with Gasteiger partial charge in [0, 0.05) is 0 Å². The van der Waals surface area contributed by atoms with Gasteiger partial charge in [0.2, 0.25) is 0 Å². The minimum Gasteiger partial charge on any atom is -0.427 e. The number of aryl methyl sites for hydroxylation is 2. The first-order chi connectivity index (χ1) is 11.0. The second kappa shape index (κ2) is 6.54. The van der Waals surface area contributed by atoms with E-state index in [9.17, 15) is 13.2 Å². The molecule has 23 heavy (non-hydrogen) atoms. The molecule has 120 valence electrons. The number of hydrogen-bond acceptors (Lipinski definition) is 4. The summed E-state index contributed by atoms with van der Waals surface area (Å²) in [7, 11) is -3.47. The Morgan fingerprint density at radius 3 is 2.52 bits per heavy atom. The van der Waals surface area contributed by atoms with Gasteiger partial charge >= 0.3 is 5.97 Å². The molecule has 4 nitrogen and oxygen atoms in total. The second-order valence-electron chi connectivity index (χ2n) is 5.64. The van der Waals surface area contributed by atoms with Crippen molar-refractivity contribution in [2.75, 3.05) is 5.75 Å². The van der Waals surface area contributed by atoms with Gasteiger partial charge in [0.1, 0.15) is 5.75 Å². The standard InChI is InChI=1S/C18H18O4S/c19-18(22-16-7-2-1-3-8-16)11-12-23(20,21)17-10-9-14-5-4-6-15(14)13-17/h1-3,7-10,13H,4-6,11-12H2. The van der Waals surface area contributed by atoms with Gasteiger partial charge in [-0.15, -0.1) is 0 Å². The van der Waals surface area contributed by atoms with Gasteiger partial charge in [-0.1, -0.05) is 24.3 Å². The topological polar surface area (TPSA) is 60.4 Å². The maximum Gasteiger partial charge on any atom is 0.312 e. The summed E-state index contributed by atoms with van der Waals surface area (Å²) in [6.45, 7) is 0. The largest absolute Gasteiger partial charge is 0.427 e. The minimum absolute atomic E-state index is 0.158. The van der Waals surface area contributed by atoms with Gasteiger partial charge < -0.3 is 4.74 Å². The Hall–Kier alpha value is -2.14. The van der Waals surface area contributed by atoms with Crippen LogP contribution < -0.4 is 4.74 Å². The minimum atomic E-state index is -3.47. The highest BCUT2D eigenvalue weighted by molar-refractivity contribution is 7.91. The molecule has 3 rings (SSSR count). The van der Waals surface area contributed by atoms with Crippen LogP contribution in [0.25, 0.3) is 0 Å². The van der Waals surface area contributed by atoms with Crippen LogP contribution in [0.2, 0.25) is 0 Å². The van der Waals surface area contributed by atoms with Gasteiger partial charge in [-0.05, 0) is 54.7 Å². The quantitative estimate of drug-likeness (QED) is 0.625. The van der Waals surface area contributed by atoms with Crippen molar-refractivity contribution in [3.63, 3.8) is 0 Å². The number of benzene rings is 2. The van der Waals surface area contributed by atoms with Crippen LogP contribution in [-0.2, 0) is 27.5 Å². The Bertz CT molecular complexity index is 810. The molecule has 0 saturated heterocycles. The summed E-state index contributed by atoms with van der Waals surface area (Å²) in [5, 5.41) is 0. The van der Waals surface area contributed by atoms with Crippen LogP contribution in [0.15, 0.2) is 53.4 Å². The monoisotopic (exact) mass is 330 g/mol. The smallest absolute Gasteiger partial charge is 0.312 e. The van der Waals surface area contributed by atoms with E-state index in [1.807, 2.05) is 12.1 Å². The van der Waals surface area contributed by atoms with Crippen molar-refractivity contribution in [2.24, 2.45) is 0 Å². The number of fused-ring (bicyclic) bond motifs is 1. The molecular weight excluding hydrogens is 312 g/mol. The Balaban J connectivity index is 1.64. The number of para-hydroxylation sites is 1. The predicted molar refractivity (Wildman–Crippen MR) is 87.2 cm³/mol. The molecule has 0 aromatic heterocycles. The number of rotatable bonds is 5. The van der Waals surface area contributed by atoms with E-state index < -0.39 is 15.8 Å². The van der Waals surface area contributed by atoms with E-state index in [2.05, 4.69) is 0 Å². The summed E-state index contributed by atoms with van der Waals surface area (Å²) in [5.41, 5.74) is 2.34. The summed E-state index contributed by atoms with van der Waals surface area (Å²) >= 11 is 0. The third-order valence-corrected chi connectivity index (χ3v) is 5.69. The van der Waals surface area contributed by atoms with Crippen molar-refractivity contribution in [2.45, 2.75) is 30.6 Å². The molecule has 2 aromatic rings. The average Bonchev–Trinajstić information content (AvgIpc) is 3.02. The molecule has 0 amide bonds. The van der Waals surface area contributed by atoms with Gasteiger partial charge in [0.15, 0.2) is 9.84 Å². The van der Waals surface area contributed by atoms with Crippen LogP contribution in [0.1, 0.15) is 24.0 Å². The Kier molecular flexibility index (Phi) is 4.48. The zero-order valence-electron chi connectivity index (χ0n) is 12.7. The van der Waals surface area contributed by atoms with Crippen molar-refractivity contribution >= 4 is 15.8 Å². The lowest BCUT2D eigenvalue weighted by Gasteiger charge is -2.07. The number of sulfone groups is 1. The van der Waals surface area contributed by atoms with Crippen LogP contribution in [0.5, 0.6) is 5.75 Å². The molecule has 1 aliphatic rings. The fourth-order valence-electron chi connectivity index (χ4n) is 2.75. The first kappa shape index (κ1) is 15.7. The molecule has 0 atom stereocenters. The molecule has 5 heteroatoms. The SMILES string of the molecule is O=C(CCS(=O)(=O)c1ccc2c(c1)CCC2)Oc1ccccc1. The summed E-state index contributed by atoms with van der Waals surface area (Å²) < 4.78 is 29.9. The first-order valence-corrected chi connectivity index (χ1v) is 9.30. The van der Waals surface area contributed by atoms with Gasteiger partial charge in [0.05, 0.1) is 17.1 Å². The van der Waals surface area contributed by atoms with Crippen molar-refractivity contribution in [3.8, 4) is 5.75 Å². The summed E-state index contributed by atoms with van der Waals surface area (Å²) in [4.78, 5) is 12.1. The van der Waals surface area contributed by atoms with Gasteiger partial charge in [-0.2, -0.15) is 0 Å². The zero-order valence-corrected chi connectivity index (χ0v) is 13.5. The fourth-order valence-corrected chi connectivity index (χ4v) is 4.02. The van der Waals surface area contributed by atoms with E-state index in [1.165, 1.54) is 5.56 Å². The van der Waals surface area contributed by atoms with Crippen molar-refractivity contribution in [1.82, 2.24) is 0 Å². The Morgan fingerprint density at radius 2 is 1.74 bits per heavy atom. The molecule has 0 spiro atoms. The molecule has 0 radical (unpaired) electrons. The van der Waals surface area contributed by atoms with Gasteiger partial charge in [0.25, 0.3) is 0 Å².